The van der Waals surface area contributed by atoms with Crippen molar-refractivity contribution in [2.24, 2.45) is 0 Å². The van der Waals surface area contributed by atoms with E-state index in [9.17, 15) is 4.79 Å². The molecular weight excluding hydrogens is 334 g/mol. The molecular formula is C19H15N3O2S. The van der Waals surface area contributed by atoms with Gasteiger partial charge in [-0.05, 0) is 31.2 Å². The summed E-state index contributed by atoms with van der Waals surface area (Å²) in [7, 11) is 1.63. The van der Waals surface area contributed by atoms with Crippen LogP contribution in [0.2, 0.25) is 0 Å². The maximum atomic E-state index is 13.1. The van der Waals surface area contributed by atoms with Gasteiger partial charge in [-0.15, -0.1) is 0 Å². The van der Waals surface area contributed by atoms with Gasteiger partial charge >= 0.3 is 0 Å². The van der Waals surface area contributed by atoms with Crippen LogP contribution in [0.3, 0.4) is 0 Å². The quantitative estimate of drug-likeness (QED) is 0.523. The molecule has 0 N–H and O–H groups in total. The van der Waals surface area contributed by atoms with Gasteiger partial charge in [-0.1, -0.05) is 41.2 Å². The number of carbonyl (C=O) groups excluding carboxylic acids is 1. The third kappa shape index (κ3) is 2.70. The second-order valence-corrected chi connectivity index (χ2v) is 6.64. The van der Waals surface area contributed by atoms with Gasteiger partial charge in [0, 0.05) is 11.1 Å². The summed E-state index contributed by atoms with van der Waals surface area (Å²) in [6, 6.07) is 15.2. The highest BCUT2D eigenvalue weighted by Gasteiger charge is 2.22. The predicted octanol–water partition coefficient (Wildman–Crippen LogP) is 4.01. The van der Waals surface area contributed by atoms with Gasteiger partial charge in [0.25, 0.3) is 0 Å². The topological polar surface area (TPSA) is 56.5 Å². The SMILES string of the molecule is COc1ccc(-c2c(C(=O)c3ccc(C)cc3)sc3ncnn23)cc1. The number of carbonyl (C=O) groups is 1. The van der Waals surface area contributed by atoms with Crippen molar-refractivity contribution in [2.45, 2.75) is 6.92 Å². The molecule has 5 nitrogen and oxygen atoms in total. The highest BCUT2D eigenvalue weighted by Crippen LogP contribution is 2.33. The van der Waals surface area contributed by atoms with Crippen LogP contribution in [-0.4, -0.2) is 27.5 Å². The monoisotopic (exact) mass is 349 g/mol. The maximum Gasteiger partial charge on any atom is 0.213 e. The Bertz CT molecular complexity index is 1050. The van der Waals surface area contributed by atoms with Crippen LogP contribution in [0.4, 0.5) is 0 Å². The predicted molar refractivity (Wildman–Crippen MR) is 97.5 cm³/mol. The van der Waals surface area contributed by atoms with Gasteiger partial charge < -0.3 is 4.74 Å². The van der Waals surface area contributed by atoms with Gasteiger partial charge in [0.2, 0.25) is 10.7 Å². The number of fused-ring (bicyclic) bond motifs is 1. The molecule has 2 heterocycles. The minimum Gasteiger partial charge on any atom is -0.497 e. The Balaban J connectivity index is 1.87. The normalized spacial score (nSPS) is 11.0. The lowest BCUT2D eigenvalue weighted by molar-refractivity contribution is 0.104. The average molecular weight is 349 g/mol. The fourth-order valence-corrected chi connectivity index (χ4v) is 3.70. The number of aromatic nitrogens is 3. The van der Waals surface area contributed by atoms with Crippen molar-refractivity contribution in [3.8, 4) is 17.0 Å². The van der Waals surface area contributed by atoms with E-state index in [1.54, 1.807) is 11.6 Å². The van der Waals surface area contributed by atoms with Crippen molar-refractivity contribution in [2.75, 3.05) is 7.11 Å². The van der Waals surface area contributed by atoms with Crippen LogP contribution in [-0.2, 0) is 0 Å². The van der Waals surface area contributed by atoms with Gasteiger partial charge in [0.1, 0.15) is 17.0 Å². The fourth-order valence-electron chi connectivity index (χ4n) is 2.68. The molecule has 0 radical (unpaired) electrons. The number of hydrogen-bond acceptors (Lipinski definition) is 5. The third-order valence-electron chi connectivity index (χ3n) is 4.02. The molecule has 0 fully saturated rings. The van der Waals surface area contributed by atoms with E-state index in [-0.39, 0.29) is 5.78 Å². The third-order valence-corrected chi connectivity index (χ3v) is 5.06. The Kier molecular flexibility index (Phi) is 3.82. The molecule has 2 aromatic carbocycles. The summed E-state index contributed by atoms with van der Waals surface area (Å²) in [5, 5.41) is 4.28. The first-order chi connectivity index (χ1) is 12.2. The lowest BCUT2D eigenvalue weighted by atomic mass is 10.0. The zero-order valence-corrected chi connectivity index (χ0v) is 14.6. The van der Waals surface area contributed by atoms with Crippen molar-refractivity contribution in [1.29, 1.82) is 0 Å². The van der Waals surface area contributed by atoms with Crippen LogP contribution in [0, 0.1) is 6.92 Å². The number of aryl methyl sites for hydroxylation is 1. The van der Waals surface area contributed by atoms with Crippen LogP contribution in [0.1, 0.15) is 20.8 Å². The van der Waals surface area contributed by atoms with Crippen LogP contribution in [0.15, 0.2) is 54.9 Å². The largest absolute Gasteiger partial charge is 0.497 e. The summed E-state index contributed by atoms with van der Waals surface area (Å²) in [5.74, 6) is 0.739. The smallest absolute Gasteiger partial charge is 0.213 e. The van der Waals surface area contributed by atoms with Crippen LogP contribution < -0.4 is 4.74 Å². The zero-order valence-electron chi connectivity index (χ0n) is 13.8. The summed E-state index contributed by atoms with van der Waals surface area (Å²) in [5.41, 5.74) is 3.43. The first-order valence-corrected chi connectivity index (χ1v) is 8.57. The molecule has 0 spiro atoms. The Morgan fingerprint density at radius 3 is 2.48 bits per heavy atom. The van der Waals surface area contributed by atoms with Crippen molar-refractivity contribution >= 4 is 22.1 Å². The minimum absolute atomic E-state index is 0.0249. The number of hydrogen-bond donors (Lipinski definition) is 0. The lowest BCUT2D eigenvalue weighted by Gasteiger charge is -2.06. The van der Waals surface area contributed by atoms with Crippen molar-refractivity contribution in [3.63, 3.8) is 0 Å². The van der Waals surface area contributed by atoms with Crippen LogP contribution in [0.5, 0.6) is 5.75 Å². The Morgan fingerprint density at radius 2 is 1.80 bits per heavy atom. The molecule has 124 valence electrons. The number of methoxy groups -OCH3 is 1. The van der Waals surface area contributed by atoms with Crippen LogP contribution in [0.25, 0.3) is 16.2 Å². The molecule has 0 bridgehead atoms. The first kappa shape index (κ1) is 15.5. The molecule has 0 atom stereocenters. The molecule has 0 aliphatic heterocycles. The van der Waals surface area contributed by atoms with Crippen molar-refractivity contribution in [3.05, 3.63) is 70.9 Å². The lowest BCUT2D eigenvalue weighted by Crippen LogP contribution is -2.02. The summed E-state index contributed by atoms with van der Waals surface area (Å²) in [6.45, 7) is 2.00. The Morgan fingerprint density at radius 1 is 1.08 bits per heavy atom. The van der Waals surface area contributed by atoms with Gasteiger partial charge in [0.15, 0.2) is 0 Å². The Labute approximate surface area is 148 Å². The summed E-state index contributed by atoms with van der Waals surface area (Å²) in [6.07, 6.45) is 1.50. The van der Waals surface area contributed by atoms with Crippen molar-refractivity contribution < 1.29 is 9.53 Å². The second-order valence-electron chi connectivity index (χ2n) is 5.66. The molecule has 4 aromatic rings. The van der Waals surface area contributed by atoms with Gasteiger partial charge in [-0.3, -0.25) is 4.79 Å². The zero-order chi connectivity index (χ0) is 17.4. The molecule has 0 saturated carbocycles. The van der Waals surface area contributed by atoms with E-state index >= 15 is 0 Å². The second kappa shape index (κ2) is 6.14. The molecule has 0 amide bonds. The van der Waals surface area contributed by atoms with E-state index in [4.69, 9.17) is 4.74 Å². The fraction of sp³-hybridized carbons (Fsp3) is 0.105. The maximum absolute atomic E-state index is 13.1. The highest BCUT2D eigenvalue weighted by atomic mass is 32.1. The molecule has 4 rings (SSSR count). The first-order valence-electron chi connectivity index (χ1n) is 7.75. The van der Waals surface area contributed by atoms with E-state index in [1.165, 1.54) is 17.7 Å². The highest BCUT2D eigenvalue weighted by molar-refractivity contribution is 7.19. The summed E-state index contributed by atoms with van der Waals surface area (Å²) < 4.78 is 6.93. The molecule has 25 heavy (non-hydrogen) atoms. The van der Waals surface area contributed by atoms with Gasteiger partial charge in [-0.2, -0.15) is 5.10 Å². The number of ether oxygens (including phenoxy) is 1. The Hall–Kier alpha value is -2.99. The van der Waals surface area contributed by atoms with E-state index < -0.39 is 0 Å². The molecule has 6 heteroatoms. The minimum atomic E-state index is -0.0249. The molecule has 0 aliphatic rings. The average Bonchev–Trinajstić information content (AvgIpc) is 3.23. The summed E-state index contributed by atoms with van der Waals surface area (Å²) >= 11 is 1.35. The molecule has 0 saturated heterocycles. The molecule has 0 unspecified atom stereocenters. The standard InChI is InChI=1S/C19H15N3O2S/c1-12-3-5-14(6-4-12)17(23)18-16(22-19(25-18)20-11-21-22)13-7-9-15(24-2)10-8-13/h3-11H,1-2H3. The number of benzene rings is 2. The summed E-state index contributed by atoms with van der Waals surface area (Å²) in [4.78, 5) is 18.6. The number of thiazole rings is 1. The van der Waals surface area contributed by atoms with E-state index in [1.807, 2.05) is 55.5 Å². The number of ketones is 1. The number of nitrogens with zero attached hydrogens (tertiary/aromatic N) is 3. The molecule has 0 aliphatic carbocycles. The van der Waals surface area contributed by atoms with Crippen molar-refractivity contribution in [1.82, 2.24) is 14.6 Å². The van der Waals surface area contributed by atoms with Gasteiger partial charge in [0.05, 0.1) is 12.8 Å². The van der Waals surface area contributed by atoms with E-state index in [0.29, 0.717) is 15.4 Å². The van der Waals surface area contributed by atoms with Crippen LogP contribution >= 0.6 is 11.3 Å². The van der Waals surface area contributed by atoms with Gasteiger partial charge in [-0.25, -0.2) is 9.50 Å². The van der Waals surface area contributed by atoms with E-state index in [0.717, 1.165) is 22.6 Å². The number of rotatable bonds is 4. The molecule has 2 aromatic heterocycles. The van der Waals surface area contributed by atoms with E-state index in [2.05, 4.69) is 10.1 Å².